The minimum Gasteiger partial charge on any atom is -0.311 e. The monoisotopic (exact) mass is 834 g/mol. The van der Waals surface area contributed by atoms with E-state index in [4.69, 9.17) is 0 Å². The molecule has 8 rings (SSSR count). The van der Waals surface area contributed by atoms with E-state index in [0.717, 1.165) is 70.1 Å². The molecule has 2 aromatic heterocycles. The first-order valence-electron chi connectivity index (χ1n) is 22.2. The Hall–Kier alpha value is -6.79. The van der Waals surface area contributed by atoms with Crippen molar-refractivity contribution in [2.45, 2.75) is 87.1 Å². The summed E-state index contributed by atoms with van der Waals surface area (Å²) in [7, 11) is 0. The highest BCUT2D eigenvalue weighted by Gasteiger charge is 2.32. The number of nitrogens with zero attached hydrogens (tertiary/aromatic N) is 5. The number of hydrogen-bond donors (Lipinski definition) is 0. The molecule has 0 radical (unpaired) electrons. The molecule has 6 heteroatoms. The molecule has 5 nitrogen and oxygen atoms in total. The average Bonchev–Trinajstić information content (AvgIpc) is 3.94. The Kier molecular flexibility index (Phi) is 13.7. The van der Waals surface area contributed by atoms with E-state index >= 15 is 4.39 Å². The summed E-state index contributed by atoms with van der Waals surface area (Å²) in [6.45, 7) is 19.3. The van der Waals surface area contributed by atoms with Gasteiger partial charge in [0.15, 0.2) is 0 Å². The molecular formula is C57H61FN5+. The lowest BCUT2D eigenvalue weighted by atomic mass is 9.97. The zero-order valence-corrected chi connectivity index (χ0v) is 38.4. The predicted octanol–water partition coefficient (Wildman–Crippen LogP) is 14.7. The molecule has 0 fully saturated rings. The number of benzene rings is 5. The summed E-state index contributed by atoms with van der Waals surface area (Å²) in [5.41, 5.74) is 14.4. The molecule has 7 aromatic rings. The van der Waals surface area contributed by atoms with Crippen LogP contribution in [0.15, 0.2) is 182 Å². The zero-order valence-electron chi connectivity index (χ0n) is 38.4. The highest BCUT2D eigenvalue weighted by molar-refractivity contribution is 5.75. The lowest BCUT2D eigenvalue weighted by molar-refractivity contribution is -0.743. The van der Waals surface area contributed by atoms with Crippen LogP contribution in [0.1, 0.15) is 76.1 Å². The maximum Gasteiger partial charge on any atom is 0.297 e. The number of allylic oxidation sites excluding steroid dienone is 6. The molecule has 63 heavy (non-hydrogen) atoms. The van der Waals surface area contributed by atoms with Gasteiger partial charge in [0.25, 0.3) is 5.82 Å². The van der Waals surface area contributed by atoms with Gasteiger partial charge in [-0.1, -0.05) is 104 Å². The van der Waals surface area contributed by atoms with Crippen LogP contribution in [0.4, 0.5) is 10.1 Å². The number of rotatable bonds is 10. The van der Waals surface area contributed by atoms with E-state index in [2.05, 4.69) is 201 Å². The Balaban J connectivity index is 0.000000259. The molecule has 0 aliphatic heterocycles. The number of halogens is 1. The number of imidazole rings is 2. The molecule has 0 N–H and O–H groups in total. The smallest absolute Gasteiger partial charge is 0.297 e. The normalized spacial score (nSPS) is 12.9. The Labute approximate surface area is 374 Å². The van der Waals surface area contributed by atoms with E-state index < -0.39 is 0 Å². The van der Waals surface area contributed by atoms with Crippen molar-refractivity contribution in [1.29, 1.82) is 0 Å². The van der Waals surface area contributed by atoms with E-state index in [1.165, 1.54) is 34.3 Å². The fourth-order valence-electron chi connectivity index (χ4n) is 8.64. The first-order chi connectivity index (χ1) is 30.4. The summed E-state index contributed by atoms with van der Waals surface area (Å²) in [4.78, 5) is 6.87. The van der Waals surface area contributed by atoms with Crippen LogP contribution in [-0.4, -0.2) is 14.1 Å². The predicted molar refractivity (Wildman–Crippen MR) is 262 cm³/mol. The van der Waals surface area contributed by atoms with Gasteiger partial charge in [0.2, 0.25) is 0 Å². The van der Waals surface area contributed by atoms with Crippen LogP contribution in [0, 0.1) is 33.5 Å². The Morgan fingerprint density at radius 1 is 0.746 bits per heavy atom. The molecule has 0 unspecified atom stereocenters. The van der Waals surface area contributed by atoms with Gasteiger partial charge in [-0.25, -0.2) is 13.9 Å². The number of para-hydroxylation sites is 1. The zero-order chi connectivity index (χ0) is 44.7. The van der Waals surface area contributed by atoms with Gasteiger partial charge in [-0.15, -0.1) is 0 Å². The number of anilines is 1. The van der Waals surface area contributed by atoms with Gasteiger partial charge >= 0.3 is 0 Å². The third-order valence-electron chi connectivity index (χ3n) is 11.4. The molecule has 0 saturated heterocycles. The molecule has 0 saturated carbocycles. The fraction of sp³-hybridized carbons (Fsp3) is 0.228. The fourth-order valence-corrected chi connectivity index (χ4v) is 8.64. The summed E-state index contributed by atoms with van der Waals surface area (Å²) >= 11 is 0. The van der Waals surface area contributed by atoms with Crippen molar-refractivity contribution in [3.8, 4) is 45.3 Å². The molecule has 0 bridgehead atoms. The summed E-state index contributed by atoms with van der Waals surface area (Å²) in [6, 6.07) is 37.0. The van der Waals surface area contributed by atoms with Gasteiger partial charge in [0, 0.05) is 35.0 Å². The van der Waals surface area contributed by atoms with Gasteiger partial charge in [0.05, 0.1) is 5.69 Å². The van der Waals surface area contributed by atoms with Crippen molar-refractivity contribution < 1.29 is 8.96 Å². The lowest BCUT2D eigenvalue weighted by Crippen LogP contribution is -2.50. The van der Waals surface area contributed by atoms with Gasteiger partial charge in [0.1, 0.15) is 40.8 Å². The SMILES string of the molecule is C/C=C\C(=C/CC)N(C1=CCCC=C1)c1cccc(-c2cc(C)c(-n3cc[n+](C(C)(C)C)c3-c3ccccc3F)c(C)c2)c1.Cc1cccc(C)c1-n1ccnc1-c1ccccc1. The molecule has 320 valence electrons. The van der Waals surface area contributed by atoms with Crippen molar-refractivity contribution in [2.75, 3.05) is 4.90 Å². The van der Waals surface area contributed by atoms with Gasteiger partial charge < -0.3 is 4.90 Å². The standard InChI is InChI=1S/C40H45FN3.C17H16N2/c1-8-16-33(17-9-2)44(34-19-11-10-12-20-34)35-21-15-18-31(28-35)32-26-29(3)38(30(4)27-32)42-24-25-43(40(5,6)7)39(42)36-22-13-14-23-37(36)41;1-13-7-6-8-14(2)16(13)19-12-11-18-17(19)15-9-4-3-5-10-15/h8,11,13-28H,9-10,12H2,1-7H3;3-12H,1-2H3/q+1;/b16-8-,33-17+;. The number of hydrogen-bond acceptors (Lipinski definition) is 2. The second-order valence-corrected chi connectivity index (χ2v) is 17.2. The highest BCUT2D eigenvalue weighted by Crippen LogP contribution is 2.36. The van der Waals surface area contributed by atoms with Crippen LogP contribution in [0.5, 0.6) is 0 Å². The average molecular weight is 835 g/mol. The molecule has 5 aromatic carbocycles. The molecule has 1 aliphatic carbocycles. The van der Waals surface area contributed by atoms with E-state index in [0.29, 0.717) is 5.56 Å². The van der Waals surface area contributed by atoms with Crippen LogP contribution in [-0.2, 0) is 5.54 Å². The lowest BCUT2D eigenvalue weighted by Gasteiger charge is -2.29. The van der Waals surface area contributed by atoms with Crippen molar-refractivity contribution in [1.82, 2.24) is 14.1 Å². The second kappa shape index (κ2) is 19.5. The molecule has 0 atom stereocenters. The molecule has 0 amide bonds. The topological polar surface area (TPSA) is 29.9 Å². The van der Waals surface area contributed by atoms with E-state index in [9.17, 15) is 0 Å². The maximum atomic E-state index is 15.2. The van der Waals surface area contributed by atoms with Crippen LogP contribution >= 0.6 is 0 Å². The Bertz CT molecular complexity index is 2780. The van der Waals surface area contributed by atoms with Crippen molar-refractivity contribution in [3.63, 3.8) is 0 Å². The van der Waals surface area contributed by atoms with E-state index in [1.807, 2.05) is 42.7 Å². The van der Waals surface area contributed by atoms with Gasteiger partial charge in [-0.3, -0.25) is 4.57 Å². The summed E-state index contributed by atoms with van der Waals surface area (Å²) < 4.78 is 21.7. The van der Waals surface area contributed by atoms with Crippen molar-refractivity contribution >= 4 is 5.69 Å². The summed E-state index contributed by atoms with van der Waals surface area (Å²) in [6.07, 6.45) is 24.5. The molecule has 1 aliphatic rings. The van der Waals surface area contributed by atoms with E-state index in [1.54, 1.807) is 6.07 Å². The largest absolute Gasteiger partial charge is 0.311 e. The van der Waals surface area contributed by atoms with Crippen LogP contribution in [0.2, 0.25) is 0 Å². The molecule has 0 spiro atoms. The van der Waals surface area contributed by atoms with Gasteiger partial charge in [-0.05, 0) is 157 Å². The van der Waals surface area contributed by atoms with Crippen LogP contribution in [0.3, 0.4) is 0 Å². The van der Waals surface area contributed by atoms with Crippen molar-refractivity contribution in [2.24, 2.45) is 0 Å². The van der Waals surface area contributed by atoms with Crippen molar-refractivity contribution in [3.05, 3.63) is 210 Å². The van der Waals surface area contributed by atoms with Crippen LogP contribution < -0.4 is 9.47 Å². The third kappa shape index (κ3) is 9.66. The minimum absolute atomic E-state index is 0.224. The third-order valence-corrected chi connectivity index (χ3v) is 11.4. The summed E-state index contributed by atoms with van der Waals surface area (Å²) in [5, 5.41) is 0. The number of aryl methyl sites for hydroxylation is 4. The van der Waals surface area contributed by atoms with Crippen LogP contribution in [0.25, 0.3) is 45.3 Å². The number of aromatic nitrogens is 4. The summed E-state index contributed by atoms with van der Waals surface area (Å²) in [5.74, 6) is 1.59. The van der Waals surface area contributed by atoms with Gasteiger partial charge in [-0.2, -0.15) is 4.57 Å². The Morgan fingerprint density at radius 2 is 1.41 bits per heavy atom. The molecule has 2 heterocycles. The molecular weight excluding hydrogens is 774 g/mol. The quantitative estimate of drug-likeness (QED) is 0.101. The second-order valence-electron chi connectivity index (χ2n) is 17.2. The first-order valence-corrected chi connectivity index (χ1v) is 22.2. The highest BCUT2D eigenvalue weighted by atomic mass is 19.1. The minimum atomic E-state index is -0.226. The van der Waals surface area contributed by atoms with E-state index in [-0.39, 0.29) is 11.4 Å². The maximum absolute atomic E-state index is 15.2. The first kappa shape index (κ1) is 44.3. The Morgan fingerprint density at radius 3 is 2.06 bits per heavy atom.